The molecule has 0 radical (unpaired) electrons. The van der Waals surface area contributed by atoms with Crippen molar-refractivity contribution in [3.05, 3.63) is 77.4 Å². The predicted octanol–water partition coefficient (Wildman–Crippen LogP) is 3.72. The Labute approximate surface area is 336 Å². The van der Waals surface area contributed by atoms with E-state index in [1.165, 1.54) is 20.1 Å². The number of carbonyl (C=O) groups excluding carboxylic acids is 4. The fourth-order valence-corrected chi connectivity index (χ4v) is 8.01. The van der Waals surface area contributed by atoms with E-state index < -0.39 is 57.8 Å². The van der Waals surface area contributed by atoms with Crippen LogP contribution in [-0.2, 0) is 46.8 Å². The summed E-state index contributed by atoms with van der Waals surface area (Å²) >= 11 is 0. The fraction of sp³-hybridized carbons (Fsp3) is 0.488. The number of nitrogens with one attached hydrogen (secondary N) is 6. The van der Waals surface area contributed by atoms with Crippen molar-refractivity contribution >= 4 is 39.7 Å². The summed E-state index contributed by atoms with van der Waals surface area (Å²) in [5, 5.41) is 19.1. The number of hydrogen-bond acceptors (Lipinski definition) is 10. The molecule has 1 aliphatic rings. The van der Waals surface area contributed by atoms with Gasteiger partial charge in [-0.15, -0.1) is 6.58 Å². The fourth-order valence-electron chi connectivity index (χ4n) is 6.49. The highest BCUT2D eigenvalue weighted by molar-refractivity contribution is 7.90. The van der Waals surface area contributed by atoms with E-state index in [1.807, 2.05) is 27.7 Å². The van der Waals surface area contributed by atoms with Crippen LogP contribution in [0.5, 0.6) is 11.5 Å². The zero-order valence-corrected chi connectivity index (χ0v) is 35.0. The van der Waals surface area contributed by atoms with Gasteiger partial charge in [0, 0.05) is 19.9 Å². The third-order valence-corrected chi connectivity index (χ3v) is 11.3. The second kappa shape index (κ2) is 20.2. The zero-order valence-electron chi connectivity index (χ0n) is 34.2. The molecular formula is C41H58N6O9S. The first kappa shape index (κ1) is 46.0. The highest BCUT2D eigenvalue weighted by Gasteiger charge is 2.34. The van der Waals surface area contributed by atoms with Crippen LogP contribution in [0.1, 0.15) is 81.2 Å². The van der Waals surface area contributed by atoms with E-state index in [-0.39, 0.29) is 48.8 Å². The summed E-state index contributed by atoms with van der Waals surface area (Å²) in [6, 6.07) is 3.63. The van der Waals surface area contributed by atoms with Gasteiger partial charge in [-0.1, -0.05) is 30.9 Å². The molecule has 0 aliphatic carbocycles. The van der Waals surface area contributed by atoms with Gasteiger partial charge >= 0.3 is 5.97 Å². The molecule has 0 saturated carbocycles. The molecular weight excluding hydrogens is 753 g/mol. The van der Waals surface area contributed by atoms with Crippen LogP contribution < -0.4 is 35.5 Å². The Balaban J connectivity index is 1.75. The summed E-state index contributed by atoms with van der Waals surface area (Å²) in [4.78, 5) is 51.9. The number of esters is 1. The van der Waals surface area contributed by atoms with E-state index in [1.54, 1.807) is 44.2 Å². The third-order valence-electron chi connectivity index (χ3n) is 9.69. The molecule has 0 fully saturated rings. The van der Waals surface area contributed by atoms with Crippen molar-refractivity contribution in [2.75, 3.05) is 13.7 Å². The van der Waals surface area contributed by atoms with Crippen molar-refractivity contribution in [2.45, 2.75) is 122 Å². The third kappa shape index (κ3) is 12.8. The molecule has 0 aromatic heterocycles. The molecule has 3 rings (SSSR count). The molecule has 4 atom stereocenters. The van der Waals surface area contributed by atoms with Crippen LogP contribution in [0.2, 0.25) is 0 Å². The monoisotopic (exact) mass is 810 g/mol. The van der Waals surface area contributed by atoms with Gasteiger partial charge in [0.2, 0.25) is 23.7 Å². The van der Waals surface area contributed by atoms with Gasteiger partial charge in [-0.3, -0.25) is 19.8 Å². The van der Waals surface area contributed by atoms with E-state index in [9.17, 15) is 27.6 Å². The highest BCUT2D eigenvalue weighted by Crippen LogP contribution is 2.42. The quantitative estimate of drug-likeness (QED) is 0.0398. The number of rotatable bonds is 19. The van der Waals surface area contributed by atoms with Crippen LogP contribution in [0, 0.1) is 26.2 Å². The Morgan fingerprint density at radius 2 is 1.60 bits per heavy atom. The molecule has 0 spiro atoms. The number of ether oxygens (including phenoxy) is 3. The maximum absolute atomic E-state index is 13.7. The minimum atomic E-state index is -4.18. The van der Waals surface area contributed by atoms with Crippen molar-refractivity contribution < 1.29 is 41.8 Å². The predicted molar refractivity (Wildman–Crippen MR) is 218 cm³/mol. The van der Waals surface area contributed by atoms with Crippen LogP contribution >= 0.6 is 0 Å². The first-order valence-corrected chi connectivity index (χ1v) is 20.3. The Hall–Kier alpha value is -5.38. The van der Waals surface area contributed by atoms with E-state index >= 15 is 0 Å². The number of guanidine groups is 1. The van der Waals surface area contributed by atoms with E-state index in [0.29, 0.717) is 34.6 Å². The molecule has 312 valence electrons. The lowest BCUT2D eigenvalue weighted by Crippen LogP contribution is -2.56. The molecule has 2 aromatic rings. The van der Waals surface area contributed by atoms with Crippen LogP contribution in [0.15, 0.2) is 54.5 Å². The smallest absolute Gasteiger partial charge is 0.328 e. The summed E-state index contributed by atoms with van der Waals surface area (Å²) in [7, 11) is -3.00. The number of sulfonamides is 1. The molecule has 57 heavy (non-hydrogen) atoms. The molecule has 3 amide bonds. The van der Waals surface area contributed by atoms with Gasteiger partial charge in [-0.05, 0) is 114 Å². The average Bonchev–Trinajstić information content (AvgIpc) is 3.13. The van der Waals surface area contributed by atoms with E-state index in [4.69, 9.17) is 19.6 Å². The Kier molecular flexibility index (Phi) is 16.3. The summed E-state index contributed by atoms with van der Waals surface area (Å²) in [6.45, 7) is 19.7. The van der Waals surface area contributed by atoms with Crippen molar-refractivity contribution in [3.63, 3.8) is 0 Å². The van der Waals surface area contributed by atoms with Crippen LogP contribution in [0.3, 0.4) is 0 Å². The van der Waals surface area contributed by atoms with Crippen LogP contribution in [0.25, 0.3) is 0 Å². The van der Waals surface area contributed by atoms with Gasteiger partial charge < -0.3 is 35.5 Å². The molecule has 1 heterocycles. The summed E-state index contributed by atoms with van der Waals surface area (Å²) in [6.07, 6.45) is 4.58. The molecule has 0 unspecified atom stereocenters. The van der Waals surface area contributed by atoms with Gasteiger partial charge in [0.05, 0.1) is 12.0 Å². The van der Waals surface area contributed by atoms with Gasteiger partial charge in [-0.25, -0.2) is 17.9 Å². The van der Waals surface area contributed by atoms with Gasteiger partial charge in [0.25, 0.3) is 10.0 Å². The number of methoxy groups -OCH3 is 1. The van der Waals surface area contributed by atoms with E-state index in [0.717, 1.165) is 17.5 Å². The lowest BCUT2D eigenvalue weighted by Gasteiger charge is -2.35. The number of benzene rings is 2. The summed E-state index contributed by atoms with van der Waals surface area (Å²) in [5.41, 5.74) is 2.97. The summed E-state index contributed by atoms with van der Waals surface area (Å²) < 4.78 is 46.4. The molecule has 2 aromatic carbocycles. The molecule has 1 aliphatic heterocycles. The normalized spacial score (nSPS) is 15.2. The number of carbonyl (C=O) groups is 4. The molecule has 0 saturated heterocycles. The molecule has 6 N–H and O–H groups in total. The lowest BCUT2D eigenvalue weighted by molar-refractivity contribution is -0.145. The lowest BCUT2D eigenvalue weighted by atomic mass is 9.88. The maximum atomic E-state index is 13.7. The van der Waals surface area contributed by atoms with Crippen LogP contribution in [0.4, 0.5) is 0 Å². The van der Waals surface area contributed by atoms with Crippen molar-refractivity contribution in [1.29, 1.82) is 5.41 Å². The largest absolute Gasteiger partial charge is 0.487 e. The second-order valence-electron chi connectivity index (χ2n) is 14.8. The van der Waals surface area contributed by atoms with Gasteiger partial charge in [0.1, 0.15) is 41.3 Å². The summed E-state index contributed by atoms with van der Waals surface area (Å²) in [5.74, 6) is -1.72. The average molecular weight is 811 g/mol. The maximum Gasteiger partial charge on any atom is 0.328 e. The SMILES string of the molecule is C=CC[C@@H](NC(=O)[C@H](CCCNC(=N)NS(=O)(=O)c1c(C)c(C)c2c(c1C)CCC(C)(C)O2)NC(=O)[C@H](Cc1ccc(O[C@H](C)C=C)cc1)NC(C)=O)C(=O)OC. The Morgan fingerprint density at radius 1 is 0.965 bits per heavy atom. The highest BCUT2D eigenvalue weighted by atomic mass is 32.2. The Bertz CT molecular complexity index is 1950. The van der Waals surface area contributed by atoms with Gasteiger partial charge in [0.15, 0.2) is 0 Å². The van der Waals surface area contributed by atoms with Crippen molar-refractivity contribution in [1.82, 2.24) is 26.0 Å². The number of fused-ring (bicyclic) bond motifs is 1. The minimum absolute atomic E-state index is 0.00544. The topological polar surface area (TPSA) is 214 Å². The zero-order chi connectivity index (χ0) is 42.7. The first-order chi connectivity index (χ1) is 26.7. The van der Waals surface area contributed by atoms with Crippen molar-refractivity contribution in [2.24, 2.45) is 0 Å². The number of hydrogen-bond donors (Lipinski definition) is 6. The minimum Gasteiger partial charge on any atom is -0.487 e. The van der Waals surface area contributed by atoms with E-state index in [2.05, 4.69) is 39.1 Å². The second-order valence-corrected chi connectivity index (χ2v) is 16.4. The van der Waals surface area contributed by atoms with Crippen LogP contribution in [-0.4, -0.2) is 81.6 Å². The Morgan fingerprint density at radius 3 is 2.19 bits per heavy atom. The number of amides is 3. The standard InChI is InChI=1S/C41H58N6O9S/c1-11-14-33(39(51)54-10)46-37(49)32(45-38(50)34(44-28(7)48)23-29-16-18-30(19-17-29)55-24(3)12-2)15-13-22-43-40(42)47-57(52,53)36-26(5)25(4)35-31(27(36)6)20-21-41(8,9)56-35/h11-12,16-19,24,32-34H,1-2,13-15,20-23H2,3-10H3,(H,44,48)(H,45,50)(H,46,49)(H3,42,43,47)/t24-,32+,33-,34+/m1/s1. The molecule has 0 bridgehead atoms. The first-order valence-electron chi connectivity index (χ1n) is 18.8. The van der Waals surface area contributed by atoms with Gasteiger partial charge in [-0.2, -0.15) is 0 Å². The van der Waals surface area contributed by atoms with Crippen molar-refractivity contribution in [3.8, 4) is 11.5 Å². The molecule has 16 heteroatoms. The molecule has 15 nitrogen and oxygen atoms in total.